The molecule has 0 spiro atoms. The first-order valence-electron chi connectivity index (χ1n) is 5.09. The number of rotatable bonds is 2. The average molecular weight is 249 g/mol. The molecule has 3 heterocycles. The highest BCUT2D eigenvalue weighted by Crippen LogP contribution is 2.32. The molecule has 0 saturated carbocycles. The van der Waals surface area contributed by atoms with E-state index in [0.29, 0.717) is 0 Å². The van der Waals surface area contributed by atoms with Crippen LogP contribution in [0.4, 0.5) is 5.82 Å². The molecule has 3 rings (SSSR count). The minimum Gasteiger partial charge on any atom is -0.383 e. The molecule has 3 aromatic rings. The number of nitrogen functional groups attached to an aromatic ring is 1. The number of aryl methyl sites for hydroxylation is 1. The lowest BCUT2D eigenvalue weighted by Gasteiger charge is -1.98. The number of nitrogens with two attached hydrogens (primary N) is 1. The Bertz CT molecular complexity index is 619. The van der Waals surface area contributed by atoms with Gasteiger partial charge in [0.15, 0.2) is 4.96 Å². The van der Waals surface area contributed by atoms with Crippen LogP contribution in [0.5, 0.6) is 0 Å². The Morgan fingerprint density at radius 1 is 1.44 bits per heavy atom. The summed E-state index contributed by atoms with van der Waals surface area (Å²) >= 11 is 3.36. The summed E-state index contributed by atoms with van der Waals surface area (Å²) in [7, 11) is 0. The number of hydrogen-bond donors (Lipinski definition) is 1. The van der Waals surface area contributed by atoms with Gasteiger partial charge in [0.2, 0.25) is 0 Å². The van der Waals surface area contributed by atoms with Crippen LogP contribution in [-0.2, 0) is 6.42 Å². The van der Waals surface area contributed by atoms with Gasteiger partial charge in [-0.1, -0.05) is 13.0 Å². The zero-order valence-electron chi connectivity index (χ0n) is 8.80. The smallest absolute Gasteiger partial charge is 0.196 e. The van der Waals surface area contributed by atoms with Crippen LogP contribution in [-0.4, -0.2) is 9.38 Å². The van der Waals surface area contributed by atoms with E-state index < -0.39 is 0 Å². The molecule has 0 aliphatic rings. The van der Waals surface area contributed by atoms with Gasteiger partial charge in [-0.2, -0.15) is 0 Å². The third-order valence-electron chi connectivity index (χ3n) is 2.58. The second-order valence-corrected chi connectivity index (χ2v) is 5.30. The highest BCUT2D eigenvalue weighted by molar-refractivity contribution is 7.17. The molecule has 5 heteroatoms. The number of aromatic nitrogens is 2. The van der Waals surface area contributed by atoms with E-state index >= 15 is 0 Å². The van der Waals surface area contributed by atoms with Gasteiger partial charge in [0.05, 0.1) is 16.3 Å². The third-order valence-corrected chi connectivity index (χ3v) is 4.30. The number of fused-ring (bicyclic) bond motifs is 1. The molecule has 0 aliphatic carbocycles. The lowest BCUT2D eigenvalue weighted by Crippen LogP contribution is -1.95. The molecule has 0 saturated heterocycles. The van der Waals surface area contributed by atoms with Gasteiger partial charge in [-0.05, 0) is 17.9 Å². The zero-order valence-corrected chi connectivity index (χ0v) is 10.4. The Balaban J connectivity index is 2.30. The van der Waals surface area contributed by atoms with Crippen molar-refractivity contribution in [1.29, 1.82) is 0 Å². The monoisotopic (exact) mass is 249 g/mol. The molecule has 3 aromatic heterocycles. The Hall–Kier alpha value is -1.33. The first-order valence-corrected chi connectivity index (χ1v) is 6.85. The van der Waals surface area contributed by atoms with E-state index in [1.807, 2.05) is 0 Å². The minimum absolute atomic E-state index is 0.780. The van der Waals surface area contributed by atoms with Crippen LogP contribution >= 0.6 is 22.7 Å². The molecule has 0 fully saturated rings. The number of imidazole rings is 1. The largest absolute Gasteiger partial charge is 0.383 e. The summed E-state index contributed by atoms with van der Waals surface area (Å²) in [5.74, 6) is 0.780. The van der Waals surface area contributed by atoms with Crippen molar-refractivity contribution in [3.8, 4) is 10.6 Å². The van der Waals surface area contributed by atoms with Gasteiger partial charge < -0.3 is 5.73 Å². The summed E-state index contributed by atoms with van der Waals surface area (Å²) < 4.78 is 2.05. The summed E-state index contributed by atoms with van der Waals surface area (Å²) in [6, 6.07) is 4.16. The summed E-state index contributed by atoms with van der Waals surface area (Å²) in [6.07, 6.45) is 0.879. The van der Waals surface area contributed by atoms with Crippen molar-refractivity contribution >= 4 is 33.5 Å². The van der Waals surface area contributed by atoms with Gasteiger partial charge in [-0.3, -0.25) is 4.40 Å². The fraction of sp³-hybridized carbons (Fsp3) is 0.182. The van der Waals surface area contributed by atoms with Crippen molar-refractivity contribution in [1.82, 2.24) is 9.38 Å². The topological polar surface area (TPSA) is 43.3 Å². The molecule has 0 aromatic carbocycles. The second kappa shape index (κ2) is 3.61. The molecule has 0 bridgehead atoms. The van der Waals surface area contributed by atoms with Crippen molar-refractivity contribution in [2.75, 3.05) is 5.73 Å². The Morgan fingerprint density at radius 2 is 2.31 bits per heavy atom. The standard InChI is InChI=1S/C11H11N3S2/c1-2-7-10(12)14-8(6-16-11(14)13-7)9-4-3-5-15-9/h3-6H,2,12H2,1H3. The molecule has 0 radical (unpaired) electrons. The Labute approximate surface area is 101 Å². The van der Waals surface area contributed by atoms with E-state index in [4.69, 9.17) is 5.73 Å². The molecule has 2 N–H and O–H groups in total. The van der Waals surface area contributed by atoms with E-state index in [-0.39, 0.29) is 0 Å². The lowest BCUT2D eigenvalue weighted by atomic mass is 10.3. The first kappa shape index (κ1) is 9.86. The number of anilines is 1. The Kier molecular flexibility index (Phi) is 2.22. The van der Waals surface area contributed by atoms with Crippen LogP contribution in [0.2, 0.25) is 0 Å². The molecular formula is C11H11N3S2. The highest BCUT2D eigenvalue weighted by atomic mass is 32.1. The third kappa shape index (κ3) is 1.28. The summed E-state index contributed by atoms with van der Waals surface area (Å²) in [6.45, 7) is 2.08. The fourth-order valence-electron chi connectivity index (χ4n) is 1.78. The van der Waals surface area contributed by atoms with Gasteiger partial charge in [0.25, 0.3) is 0 Å². The first-order chi connectivity index (χ1) is 7.81. The van der Waals surface area contributed by atoms with Crippen molar-refractivity contribution in [3.63, 3.8) is 0 Å². The lowest BCUT2D eigenvalue weighted by molar-refractivity contribution is 1.08. The van der Waals surface area contributed by atoms with Gasteiger partial charge >= 0.3 is 0 Å². The maximum Gasteiger partial charge on any atom is 0.196 e. The van der Waals surface area contributed by atoms with E-state index in [1.54, 1.807) is 22.7 Å². The molecule has 0 amide bonds. The van der Waals surface area contributed by atoms with Gasteiger partial charge in [-0.25, -0.2) is 4.98 Å². The Morgan fingerprint density at radius 3 is 3.00 bits per heavy atom. The molecule has 0 unspecified atom stereocenters. The predicted molar refractivity (Wildman–Crippen MR) is 70.2 cm³/mol. The van der Waals surface area contributed by atoms with Crippen LogP contribution in [0.1, 0.15) is 12.6 Å². The van der Waals surface area contributed by atoms with Crippen molar-refractivity contribution in [2.45, 2.75) is 13.3 Å². The maximum atomic E-state index is 6.11. The molecule has 16 heavy (non-hydrogen) atoms. The van der Waals surface area contributed by atoms with Crippen LogP contribution in [0.25, 0.3) is 15.5 Å². The van der Waals surface area contributed by atoms with Crippen molar-refractivity contribution < 1.29 is 0 Å². The number of hydrogen-bond acceptors (Lipinski definition) is 4. The number of thiophene rings is 1. The number of nitrogens with zero attached hydrogens (tertiary/aromatic N) is 2. The molecule has 82 valence electrons. The molecule has 0 atom stereocenters. The van der Waals surface area contributed by atoms with Crippen LogP contribution in [0.3, 0.4) is 0 Å². The molecular weight excluding hydrogens is 238 g/mol. The van der Waals surface area contributed by atoms with Crippen LogP contribution in [0, 0.1) is 0 Å². The average Bonchev–Trinajstić information content (AvgIpc) is 2.96. The zero-order chi connectivity index (χ0) is 11.1. The SMILES string of the molecule is CCc1nc2scc(-c3cccs3)n2c1N. The van der Waals surface area contributed by atoms with Crippen molar-refractivity contribution in [2.24, 2.45) is 0 Å². The summed E-state index contributed by atoms with van der Waals surface area (Å²) in [4.78, 5) is 6.74. The minimum atomic E-state index is 0.780. The normalized spacial score (nSPS) is 11.3. The van der Waals surface area contributed by atoms with E-state index in [0.717, 1.165) is 28.6 Å². The summed E-state index contributed by atoms with van der Waals surface area (Å²) in [5, 5.41) is 4.19. The molecule has 3 nitrogen and oxygen atoms in total. The maximum absolute atomic E-state index is 6.11. The van der Waals surface area contributed by atoms with E-state index in [9.17, 15) is 0 Å². The van der Waals surface area contributed by atoms with Crippen molar-refractivity contribution in [3.05, 3.63) is 28.6 Å². The van der Waals surface area contributed by atoms with Gasteiger partial charge in [-0.15, -0.1) is 22.7 Å². The number of thiazole rings is 1. The fourth-order valence-corrected chi connectivity index (χ4v) is 3.50. The molecule has 0 aliphatic heterocycles. The summed E-state index contributed by atoms with van der Waals surface area (Å²) in [5.41, 5.74) is 8.26. The van der Waals surface area contributed by atoms with Gasteiger partial charge in [0, 0.05) is 5.38 Å². The highest BCUT2D eigenvalue weighted by Gasteiger charge is 2.14. The predicted octanol–water partition coefficient (Wildman–Crippen LogP) is 3.27. The van der Waals surface area contributed by atoms with Gasteiger partial charge in [0.1, 0.15) is 5.82 Å². The van der Waals surface area contributed by atoms with E-state index in [2.05, 4.69) is 39.2 Å². The quantitative estimate of drug-likeness (QED) is 0.757. The van der Waals surface area contributed by atoms with Crippen LogP contribution < -0.4 is 5.73 Å². The second-order valence-electron chi connectivity index (χ2n) is 3.51. The van der Waals surface area contributed by atoms with E-state index in [1.165, 1.54) is 4.88 Å². The van der Waals surface area contributed by atoms with Crippen LogP contribution in [0.15, 0.2) is 22.9 Å².